The van der Waals surface area contributed by atoms with Crippen molar-refractivity contribution in [1.29, 1.82) is 0 Å². The van der Waals surface area contributed by atoms with Gasteiger partial charge in [0.05, 0.1) is 11.7 Å². The van der Waals surface area contributed by atoms with Gasteiger partial charge in [0.25, 0.3) is 0 Å². The third kappa shape index (κ3) is 1.61. The van der Waals surface area contributed by atoms with E-state index < -0.39 is 5.60 Å². The molecule has 0 radical (unpaired) electrons. The van der Waals surface area contributed by atoms with Crippen molar-refractivity contribution in [1.82, 2.24) is 9.78 Å². The van der Waals surface area contributed by atoms with Crippen molar-refractivity contribution >= 4 is 0 Å². The van der Waals surface area contributed by atoms with Gasteiger partial charge in [-0.15, -0.1) is 0 Å². The molecule has 0 spiro atoms. The normalized spacial score (nSPS) is 21.5. The number of aromatic nitrogens is 2. The average molecular weight is 180 g/mol. The fraction of sp³-hybridized carbons (Fsp3) is 0.700. The fourth-order valence-electron chi connectivity index (χ4n) is 1.35. The van der Waals surface area contributed by atoms with Crippen LogP contribution in [0.25, 0.3) is 0 Å². The maximum Gasteiger partial charge on any atom is 0.105 e. The third-order valence-corrected chi connectivity index (χ3v) is 2.77. The number of aliphatic hydroxyl groups is 1. The van der Waals surface area contributed by atoms with Crippen LogP contribution >= 0.6 is 0 Å². The van der Waals surface area contributed by atoms with E-state index in [0.29, 0.717) is 12.5 Å². The quantitative estimate of drug-likeness (QED) is 0.770. The van der Waals surface area contributed by atoms with E-state index in [1.165, 1.54) is 12.8 Å². The summed E-state index contributed by atoms with van der Waals surface area (Å²) in [6.45, 7) is 3.78. The molecular weight excluding hydrogens is 164 g/mol. The van der Waals surface area contributed by atoms with Gasteiger partial charge in [-0.3, -0.25) is 4.68 Å². The van der Waals surface area contributed by atoms with Crippen LogP contribution in [0.1, 0.15) is 44.8 Å². The first-order chi connectivity index (χ1) is 6.13. The van der Waals surface area contributed by atoms with Gasteiger partial charge in [-0.1, -0.05) is 6.92 Å². The van der Waals surface area contributed by atoms with Gasteiger partial charge in [0.2, 0.25) is 0 Å². The van der Waals surface area contributed by atoms with Crippen molar-refractivity contribution in [2.75, 3.05) is 0 Å². The predicted molar refractivity (Wildman–Crippen MR) is 50.4 cm³/mol. The Kier molecular flexibility index (Phi) is 1.91. The summed E-state index contributed by atoms with van der Waals surface area (Å²) in [7, 11) is 0. The van der Waals surface area contributed by atoms with Gasteiger partial charge in [0, 0.05) is 6.20 Å². The molecule has 2 rings (SSSR count). The fourth-order valence-corrected chi connectivity index (χ4v) is 1.35. The molecule has 3 heteroatoms. The molecule has 1 unspecified atom stereocenters. The zero-order chi connectivity index (χ0) is 9.47. The first-order valence-corrected chi connectivity index (χ1v) is 4.91. The van der Waals surface area contributed by atoms with E-state index in [1.807, 2.05) is 30.8 Å². The second kappa shape index (κ2) is 2.84. The lowest BCUT2D eigenvalue weighted by molar-refractivity contribution is 0.0478. The van der Waals surface area contributed by atoms with Crippen LogP contribution in [0, 0.1) is 0 Å². The van der Waals surface area contributed by atoms with Gasteiger partial charge in [-0.05, 0) is 32.3 Å². The van der Waals surface area contributed by atoms with Crippen LogP contribution in [0.2, 0.25) is 0 Å². The molecular formula is C10H16N2O. The van der Waals surface area contributed by atoms with Crippen LogP contribution in [-0.4, -0.2) is 14.9 Å². The summed E-state index contributed by atoms with van der Waals surface area (Å²) in [4.78, 5) is 0. The van der Waals surface area contributed by atoms with Crippen molar-refractivity contribution < 1.29 is 5.11 Å². The summed E-state index contributed by atoms with van der Waals surface area (Å²) >= 11 is 0. The van der Waals surface area contributed by atoms with E-state index in [0.717, 1.165) is 5.69 Å². The molecule has 1 aromatic heterocycles. The van der Waals surface area contributed by atoms with Gasteiger partial charge in [0.1, 0.15) is 5.60 Å². The Morgan fingerprint density at radius 2 is 2.38 bits per heavy atom. The SMILES string of the molecule is CCC(C)(O)c1ccn(C2CC2)n1. The smallest absolute Gasteiger partial charge is 0.105 e. The first kappa shape index (κ1) is 8.75. The Bertz CT molecular complexity index is 300. The van der Waals surface area contributed by atoms with Crippen LogP contribution in [0.5, 0.6) is 0 Å². The molecule has 0 saturated heterocycles. The third-order valence-electron chi connectivity index (χ3n) is 2.77. The number of hydrogen-bond donors (Lipinski definition) is 1. The molecule has 1 atom stereocenters. The minimum Gasteiger partial charge on any atom is -0.384 e. The van der Waals surface area contributed by atoms with Crippen molar-refractivity contribution in [2.45, 2.75) is 44.8 Å². The summed E-state index contributed by atoms with van der Waals surface area (Å²) in [5.74, 6) is 0. The molecule has 3 nitrogen and oxygen atoms in total. The second-order valence-electron chi connectivity index (χ2n) is 4.04. The van der Waals surface area contributed by atoms with E-state index in [9.17, 15) is 5.11 Å². The summed E-state index contributed by atoms with van der Waals surface area (Å²) in [6, 6.07) is 2.52. The second-order valence-corrected chi connectivity index (χ2v) is 4.04. The molecule has 72 valence electrons. The number of rotatable bonds is 3. The Morgan fingerprint density at radius 1 is 1.69 bits per heavy atom. The molecule has 1 aliphatic rings. The maximum absolute atomic E-state index is 9.93. The maximum atomic E-state index is 9.93. The van der Waals surface area contributed by atoms with Crippen molar-refractivity contribution in [3.63, 3.8) is 0 Å². The molecule has 1 N–H and O–H groups in total. The zero-order valence-corrected chi connectivity index (χ0v) is 8.20. The number of hydrogen-bond acceptors (Lipinski definition) is 2. The summed E-state index contributed by atoms with van der Waals surface area (Å²) in [5.41, 5.74) is 0.0297. The molecule has 1 fully saturated rings. The number of nitrogens with zero attached hydrogens (tertiary/aromatic N) is 2. The highest BCUT2D eigenvalue weighted by Gasteiger charge is 2.28. The van der Waals surface area contributed by atoms with Crippen LogP contribution in [-0.2, 0) is 5.60 Å². The molecule has 0 aliphatic heterocycles. The predicted octanol–water partition coefficient (Wildman–Crippen LogP) is 1.84. The van der Waals surface area contributed by atoms with Gasteiger partial charge in [-0.2, -0.15) is 5.10 Å². The van der Waals surface area contributed by atoms with Gasteiger partial charge >= 0.3 is 0 Å². The molecule has 1 aromatic rings. The highest BCUT2D eigenvalue weighted by molar-refractivity contribution is 5.09. The van der Waals surface area contributed by atoms with Gasteiger partial charge in [-0.25, -0.2) is 0 Å². The first-order valence-electron chi connectivity index (χ1n) is 4.91. The lowest BCUT2D eigenvalue weighted by atomic mass is 10.00. The van der Waals surface area contributed by atoms with Gasteiger partial charge in [0.15, 0.2) is 0 Å². The van der Waals surface area contributed by atoms with Crippen LogP contribution in [0.15, 0.2) is 12.3 Å². The summed E-state index contributed by atoms with van der Waals surface area (Å²) < 4.78 is 1.97. The van der Waals surface area contributed by atoms with Crippen molar-refractivity contribution in [3.8, 4) is 0 Å². The van der Waals surface area contributed by atoms with E-state index in [-0.39, 0.29) is 0 Å². The van der Waals surface area contributed by atoms with E-state index in [2.05, 4.69) is 5.10 Å². The molecule has 1 saturated carbocycles. The van der Waals surface area contributed by atoms with Crippen molar-refractivity contribution in [3.05, 3.63) is 18.0 Å². The lowest BCUT2D eigenvalue weighted by Gasteiger charge is -2.17. The van der Waals surface area contributed by atoms with Crippen LogP contribution in [0.3, 0.4) is 0 Å². The summed E-state index contributed by atoms with van der Waals surface area (Å²) in [6.07, 6.45) is 5.14. The topological polar surface area (TPSA) is 38.0 Å². The van der Waals surface area contributed by atoms with Crippen LogP contribution in [0.4, 0.5) is 0 Å². The lowest BCUT2D eigenvalue weighted by Crippen LogP contribution is -2.20. The average Bonchev–Trinajstić information content (AvgIpc) is 2.83. The molecule has 0 aromatic carbocycles. The zero-order valence-electron chi connectivity index (χ0n) is 8.20. The molecule has 0 amide bonds. The van der Waals surface area contributed by atoms with E-state index >= 15 is 0 Å². The Hall–Kier alpha value is -0.830. The largest absolute Gasteiger partial charge is 0.384 e. The molecule has 13 heavy (non-hydrogen) atoms. The van der Waals surface area contributed by atoms with Gasteiger partial charge < -0.3 is 5.11 Å². The Labute approximate surface area is 78.4 Å². The monoisotopic (exact) mass is 180 g/mol. The highest BCUT2D eigenvalue weighted by atomic mass is 16.3. The molecule has 1 aliphatic carbocycles. The van der Waals surface area contributed by atoms with Crippen molar-refractivity contribution in [2.24, 2.45) is 0 Å². The van der Waals surface area contributed by atoms with E-state index in [4.69, 9.17) is 0 Å². The summed E-state index contributed by atoms with van der Waals surface area (Å²) in [5, 5.41) is 14.3. The molecule has 0 bridgehead atoms. The van der Waals surface area contributed by atoms with E-state index in [1.54, 1.807) is 0 Å². The minimum atomic E-state index is -0.764. The van der Waals surface area contributed by atoms with Crippen LogP contribution < -0.4 is 0 Å². The Morgan fingerprint density at radius 3 is 2.92 bits per heavy atom. The standard InChI is InChI=1S/C10H16N2O/c1-3-10(2,13)9-6-7-12(11-9)8-4-5-8/h6-8,13H,3-5H2,1-2H3. The molecule has 1 heterocycles. The Balaban J connectivity index is 2.20. The highest BCUT2D eigenvalue weighted by Crippen LogP contribution is 2.35. The minimum absolute atomic E-state index is 0.599.